The molecule has 0 bridgehead atoms. The Balaban J connectivity index is 2.48. The maximum Gasteiger partial charge on any atom is 0.316 e. The van der Waals surface area contributed by atoms with E-state index in [9.17, 15) is 4.79 Å². The number of amides is 2. The first-order valence-electron chi connectivity index (χ1n) is 6.46. The van der Waals surface area contributed by atoms with E-state index in [2.05, 4.69) is 22.3 Å². The number of carbonyl (C=O) groups is 1. The monoisotopic (exact) mass is 269 g/mol. The number of hydrogen-bond donors (Lipinski definition) is 2. The molecule has 0 aliphatic heterocycles. The van der Waals surface area contributed by atoms with E-state index >= 15 is 0 Å². The molecule has 2 aromatic carbocycles. The molecule has 104 valence electrons. The zero-order valence-corrected chi connectivity index (χ0v) is 11.8. The molecule has 0 aliphatic carbocycles. The van der Waals surface area contributed by atoms with E-state index in [0.29, 0.717) is 0 Å². The fraction of sp³-hybridized carbons (Fsp3) is 0.188. The Morgan fingerprint density at radius 3 is 2.30 bits per heavy atom. The third kappa shape index (κ3) is 3.36. The minimum absolute atomic E-state index is 0.553. The Kier molecular flexibility index (Phi) is 4.38. The lowest BCUT2D eigenvalue weighted by Crippen LogP contribution is -2.19. The predicted molar refractivity (Wildman–Crippen MR) is 82.5 cm³/mol. The fourth-order valence-corrected chi connectivity index (χ4v) is 2.22. The summed E-state index contributed by atoms with van der Waals surface area (Å²) in [5.41, 5.74) is 9.24. The number of benzene rings is 2. The van der Waals surface area contributed by atoms with Crippen molar-refractivity contribution in [2.24, 2.45) is 5.73 Å². The van der Waals surface area contributed by atoms with Gasteiger partial charge in [0.15, 0.2) is 0 Å². The molecule has 3 N–H and O–H groups in total. The number of urea groups is 1. The topological polar surface area (TPSA) is 58.4 Å². The molecule has 0 atom stereocenters. The van der Waals surface area contributed by atoms with Gasteiger partial charge in [-0.25, -0.2) is 4.79 Å². The van der Waals surface area contributed by atoms with Crippen molar-refractivity contribution in [3.63, 3.8) is 0 Å². The van der Waals surface area contributed by atoms with Crippen molar-refractivity contribution < 1.29 is 4.79 Å². The number of nitrogens with zero attached hydrogens (tertiary/aromatic N) is 1. The quantitative estimate of drug-likeness (QED) is 0.896. The standard InChI is InChI=1S/C16H19N3O/c1-19(2)11-12-7-3-4-8-13(12)14-9-5-6-10-15(14)18-16(17)20/h3-10H,11H2,1-2H3,(H3,17,18,20). The molecule has 4 nitrogen and oxygen atoms in total. The molecule has 2 aromatic rings. The highest BCUT2D eigenvalue weighted by molar-refractivity contribution is 5.93. The highest BCUT2D eigenvalue weighted by Crippen LogP contribution is 2.30. The van der Waals surface area contributed by atoms with Crippen molar-refractivity contribution in [1.82, 2.24) is 4.90 Å². The summed E-state index contributed by atoms with van der Waals surface area (Å²) in [5.74, 6) is 0. The maximum absolute atomic E-state index is 11.1. The molecule has 2 amide bonds. The molecule has 2 rings (SSSR count). The summed E-state index contributed by atoms with van der Waals surface area (Å²) in [6, 6.07) is 15.3. The Hall–Kier alpha value is -2.33. The first-order chi connectivity index (χ1) is 9.58. The second kappa shape index (κ2) is 6.21. The first-order valence-corrected chi connectivity index (χ1v) is 6.46. The zero-order chi connectivity index (χ0) is 14.5. The Morgan fingerprint density at radius 1 is 1.05 bits per heavy atom. The largest absolute Gasteiger partial charge is 0.351 e. The van der Waals surface area contributed by atoms with Crippen LogP contribution < -0.4 is 11.1 Å². The van der Waals surface area contributed by atoms with Gasteiger partial charge in [0.05, 0.1) is 5.69 Å². The Bertz CT molecular complexity index is 608. The molecule has 0 saturated carbocycles. The van der Waals surface area contributed by atoms with Crippen molar-refractivity contribution in [1.29, 1.82) is 0 Å². The van der Waals surface area contributed by atoms with E-state index in [1.54, 1.807) is 0 Å². The lowest BCUT2D eigenvalue weighted by Gasteiger charge is -2.16. The molecule has 0 unspecified atom stereocenters. The fourth-order valence-electron chi connectivity index (χ4n) is 2.22. The second-order valence-corrected chi connectivity index (χ2v) is 4.93. The summed E-state index contributed by atoms with van der Waals surface area (Å²) in [4.78, 5) is 13.2. The van der Waals surface area contributed by atoms with Crippen LogP contribution in [0.15, 0.2) is 48.5 Å². The SMILES string of the molecule is CN(C)Cc1ccccc1-c1ccccc1NC(N)=O. The predicted octanol–water partition coefficient (Wildman–Crippen LogP) is 2.91. The van der Waals surface area contributed by atoms with Crippen LogP contribution in [-0.2, 0) is 6.54 Å². The molecule has 0 radical (unpaired) electrons. The van der Waals surface area contributed by atoms with Gasteiger partial charge in [0.25, 0.3) is 0 Å². The van der Waals surface area contributed by atoms with Crippen LogP contribution in [0.25, 0.3) is 11.1 Å². The second-order valence-electron chi connectivity index (χ2n) is 4.93. The van der Waals surface area contributed by atoms with Crippen LogP contribution in [0.4, 0.5) is 10.5 Å². The van der Waals surface area contributed by atoms with E-state index < -0.39 is 6.03 Å². The molecule has 0 aromatic heterocycles. The number of hydrogen-bond acceptors (Lipinski definition) is 2. The lowest BCUT2D eigenvalue weighted by atomic mass is 9.98. The van der Waals surface area contributed by atoms with Gasteiger partial charge in [0, 0.05) is 12.1 Å². The zero-order valence-electron chi connectivity index (χ0n) is 11.8. The van der Waals surface area contributed by atoms with Crippen LogP contribution in [0.2, 0.25) is 0 Å². The molecule has 0 fully saturated rings. The van der Waals surface area contributed by atoms with Crippen LogP contribution in [0, 0.1) is 0 Å². The van der Waals surface area contributed by atoms with Crippen LogP contribution in [-0.4, -0.2) is 25.0 Å². The van der Waals surface area contributed by atoms with Crippen molar-refractivity contribution >= 4 is 11.7 Å². The van der Waals surface area contributed by atoms with Crippen molar-refractivity contribution in [3.8, 4) is 11.1 Å². The van der Waals surface area contributed by atoms with Crippen LogP contribution in [0.3, 0.4) is 0 Å². The molecule has 20 heavy (non-hydrogen) atoms. The van der Waals surface area contributed by atoms with Gasteiger partial charge in [-0.2, -0.15) is 0 Å². The number of carbonyl (C=O) groups excluding carboxylic acids is 1. The summed E-state index contributed by atoms with van der Waals surface area (Å²) in [6.07, 6.45) is 0. The third-order valence-electron chi connectivity index (χ3n) is 2.98. The maximum atomic E-state index is 11.1. The molecule has 0 aliphatic rings. The lowest BCUT2D eigenvalue weighted by molar-refractivity contribution is 0.259. The minimum atomic E-state index is -0.553. The van der Waals surface area contributed by atoms with Gasteiger partial charge in [-0.05, 0) is 31.3 Å². The number of primary amides is 1. The molecule has 0 saturated heterocycles. The minimum Gasteiger partial charge on any atom is -0.351 e. The summed E-state index contributed by atoms with van der Waals surface area (Å²) < 4.78 is 0. The van der Waals surface area contributed by atoms with Gasteiger partial charge < -0.3 is 16.0 Å². The van der Waals surface area contributed by atoms with Gasteiger partial charge in [-0.1, -0.05) is 42.5 Å². The van der Waals surface area contributed by atoms with E-state index in [4.69, 9.17) is 5.73 Å². The molecule has 0 spiro atoms. The van der Waals surface area contributed by atoms with E-state index in [1.807, 2.05) is 50.5 Å². The molecule has 4 heteroatoms. The van der Waals surface area contributed by atoms with Crippen LogP contribution in [0.5, 0.6) is 0 Å². The van der Waals surface area contributed by atoms with Crippen molar-refractivity contribution in [2.45, 2.75) is 6.54 Å². The number of anilines is 1. The number of nitrogens with one attached hydrogen (secondary N) is 1. The van der Waals surface area contributed by atoms with Crippen molar-refractivity contribution in [3.05, 3.63) is 54.1 Å². The number of nitrogens with two attached hydrogens (primary N) is 1. The first kappa shape index (κ1) is 14.1. The molecular weight excluding hydrogens is 250 g/mol. The van der Waals surface area contributed by atoms with Crippen molar-refractivity contribution in [2.75, 3.05) is 19.4 Å². The summed E-state index contributed by atoms with van der Waals surface area (Å²) in [6.45, 7) is 0.834. The molecule has 0 heterocycles. The van der Waals surface area contributed by atoms with Crippen LogP contribution in [0.1, 0.15) is 5.56 Å². The average Bonchev–Trinajstić information content (AvgIpc) is 2.39. The number of rotatable bonds is 4. The van der Waals surface area contributed by atoms with E-state index in [1.165, 1.54) is 5.56 Å². The van der Waals surface area contributed by atoms with E-state index in [-0.39, 0.29) is 0 Å². The van der Waals surface area contributed by atoms with Crippen LogP contribution >= 0.6 is 0 Å². The summed E-state index contributed by atoms with van der Waals surface area (Å²) in [5, 5.41) is 2.68. The third-order valence-corrected chi connectivity index (χ3v) is 2.98. The smallest absolute Gasteiger partial charge is 0.316 e. The van der Waals surface area contributed by atoms with Gasteiger partial charge in [-0.3, -0.25) is 0 Å². The van der Waals surface area contributed by atoms with Gasteiger partial charge in [0.2, 0.25) is 0 Å². The molecular formula is C16H19N3O. The highest BCUT2D eigenvalue weighted by Gasteiger charge is 2.10. The van der Waals surface area contributed by atoms with Gasteiger partial charge in [0.1, 0.15) is 0 Å². The summed E-state index contributed by atoms with van der Waals surface area (Å²) >= 11 is 0. The highest BCUT2D eigenvalue weighted by atomic mass is 16.2. The van der Waals surface area contributed by atoms with Gasteiger partial charge in [-0.15, -0.1) is 0 Å². The van der Waals surface area contributed by atoms with Gasteiger partial charge >= 0.3 is 6.03 Å². The average molecular weight is 269 g/mol. The summed E-state index contributed by atoms with van der Waals surface area (Å²) in [7, 11) is 4.06. The van der Waals surface area contributed by atoms with E-state index in [0.717, 1.165) is 23.4 Å². The Morgan fingerprint density at radius 2 is 1.65 bits per heavy atom. The Labute approximate surface area is 119 Å². The normalized spacial score (nSPS) is 10.6. The number of para-hydroxylation sites is 1.